The van der Waals surface area contributed by atoms with Crippen LogP contribution in [0.3, 0.4) is 0 Å². The first kappa shape index (κ1) is 30.5. The lowest BCUT2D eigenvalue weighted by Gasteiger charge is -2.34. The van der Waals surface area contributed by atoms with E-state index in [2.05, 4.69) is 45.0 Å². The molecule has 0 bridgehead atoms. The zero-order valence-electron chi connectivity index (χ0n) is 25.4. The van der Waals surface area contributed by atoms with E-state index in [9.17, 15) is 8.78 Å². The van der Waals surface area contributed by atoms with E-state index in [1.165, 1.54) is 18.6 Å². The number of rotatable bonds is 11. The minimum absolute atomic E-state index is 0.137. The van der Waals surface area contributed by atoms with Crippen molar-refractivity contribution in [1.29, 1.82) is 0 Å². The smallest absolute Gasteiger partial charge is 0.320 e. The number of hydrogen-bond acceptors (Lipinski definition) is 7. The first-order valence-electron chi connectivity index (χ1n) is 15.2. The lowest BCUT2D eigenvalue weighted by atomic mass is 9.89. The maximum atomic E-state index is 15.3. The predicted octanol–water partition coefficient (Wildman–Crippen LogP) is 6.50. The van der Waals surface area contributed by atoms with Crippen LogP contribution >= 0.6 is 0 Å². The summed E-state index contributed by atoms with van der Waals surface area (Å²) in [6.45, 7) is 14.5. The number of ether oxygens (including phenoxy) is 1. The van der Waals surface area contributed by atoms with E-state index in [0.717, 1.165) is 69.3 Å². The third-order valence-electron chi connectivity index (χ3n) is 8.76. The van der Waals surface area contributed by atoms with Crippen molar-refractivity contribution in [3.8, 4) is 6.01 Å². The number of anilines is 1. The Hall–Kier alpha value is -2.98. The number of fused-ring (bicyclic) bond motifs is 1. The topological polar surface area (TPSA) is 66.4 Å². The molecular weight excluding hydrogens is 541 g/mol. The van der Waals surface area contributed by atoms with Crippen molar-refractivity contribution in [2.24, 2.45) is 5.92 Å². The zero-order chi connectivity index (χ0) is 30.0. The first-order chi connectivity index (χ1) is 20.0. The molecule has 0 spiro atoms. The zero-order valence-corrected chi connectivity index (χ0v) is 25.4. The van der Waals surface area contributed by atoms with Crippen molar-refractivity contribution in [1.82, 2.24) is 24.8 Å². The number of aromatic nitrogens is 3. The van der Waals surface area contributed by atoms with Crippen LogP contribution in [0, 0.1) is 18.7 Å². The molecule has 0 aliphatic carbocycles. The third kappa shape index (κ3) is 6.97. The van der Waals surface area contributed by atoms with Gasteiger partial charge in [-0.1, -0.05) is 18.2 Å². The monoisotopic (exact) mass is 584 g/mol. The van der Waals surface area contributed by atoms with Crippen molar-refractivity contribution in [3.63, 3.8) is 0 Å². The van der Waals surface area contributed by atoms with Gasteiger partial charge in [-0.15, -0.1) is 0 Å². The van der Waals surface area contributed by atoms with Gasteiger partial charge in [0.1, 0.15) is 18.2 Å². The van der Waals surface area contributed by atoms with Crippen LogP contribution in [-0.4, -0.2) is 70.1 Å². The summed E-state index contributed by atoms with van der Waals surface area (Å²) in [5.41, 5.74) is 2.05. The van der Waals surface area contributed by atoms with E-state index in [1.54, 1.807) is 6.92 Å². The molecule has 5 rings (SSSR count). The first-order valence-corrected chi connectivity index (χ1v) is 15.2. The highest BCUT2D eigenvalue weighted by molar-refractivity contribution is 5.87. The van der Waals surface area contributed by atoms with Crippen LogP contribution in [0.15, 0.2) is 24.3 Å². The average molecular weight is 585 g/mol. The van der Waals surface area contributed by atoms with Crippen LogP contribution in [0.4, 0.5) is 19.0 Å². The fourth-order valence-corrected chi connectivity index (χ4v) is 5.91. The lowest BCUT2D eigenvalue weighted by Crippen LogP contribution is -2.39. The number of pyridine rings is 1. The van der Waals surface area contributed by atoms with Gasteiger partial charge in [-0.05, 0) is 97.1 Å². The molecule has 1 aromatic carbocycles. The van der Waals surface area contributed by atoms with Crippen molar-refractivity contribution >= 4 is 16.9 Å². The van der Waals surface area contributed by atoms with Crippen molar-refractivity contribution in [2.45, 2.75) is 78.3 Å². The van der Waals surface area contributed by atoms with E-state index in [4.69, 9.17) is 9.72 Å². The standard InChI is InChI=1S/C32H43F3N6O/c1-20(2)41-14-10-23(11-15-41)18-24-19-26-29(36-21(24)3)38-31(42-17-16-40-12-7-13-40)39-30(26)37-22(4)25-8-6-9-27(28(25)33)32(5,34)35/h6,8-9,19-20,22-23H,7,10-18H2,1-5H3,(H,36,37,38,39)/t22-/m1/s1. The molecular formula is C32H43F3N6O. The molecule has 1 N–H and O–H groups in total. The van der Waals surface area contributed by atoms with Crippen LogP contribution in [0.2, 0.25) is 0 Å². The Morgan fingerprint density at radius 3 is 2.45 bits per heavy atom. The molecule has 2 aromatic heterocycles. The van der Waals surface area contributed by atoms with Crippen LogP contribution in [-0.2, 0) is 12.3 Å². The Morgan fingerprint density at radius 1 is 1.07 bits per heavy atom. The van der Waals surface area contributed by atoms with Crippen LogP contribution in [0.5, 0.6) is 6.01 Å². The molecule has 0 unspecified atom stereocenters. The van der Waals surface area contributed by atoms with Crippen LogP contribution in [0.1, 0.15) is 75.4 Å². The van der Waals surface area contributed by atoms with Gasteiger partial charge < -0.3 is 15.0 Å². The Kier molecular flexibility index (Phi) is 9.23. The van der Waals surface area contributed by atoms with E-state index in [1.807, 2.05) is 6.92 Å². The molecule has 2 fully saturated rings. The van der Waals surface area contributed by atoms with E-state index >= 15 is 4.39 Å². The molecule has 3 aromatic rings. The van der Waals surface area contributed by atoms with Gasteiger partial charge in [0.2, 0.25) is 0 Å². The highest BCUT2D eigenvalue weighted by Crippen LogP contribution is 2.34. The minimum atomic E-state index is -3.29. The number of alkyl halides is 2. The molecule has 228 valence electrons. The predicted molar refractivity (Wildman–Crippen MR) is 160 cm³/mol. The molecule has 0 saturated carbocycles. The Morgan fingerprint density at radius 2 is 1.81 bits per heavy atom. The van der Waals surface area contributed by atoms with Gasteiger partial charge in [0.25, 0.3) is 5.92 Å². The molecule has 42 heavy (non-hydrogen) atoms. The van der Waals surface area contributed by atoms with Crippen LogP contribution < -0.4 is 10.1 Å². The summed E-state index contributed by atoms with van der Waals surface area (Å²) >= 11 is 0. The third-order valence-corrected chi connectivity index (χ3v) is 8.76. The molecule has 1 atom stereocenters. The number of halogens is 3. The second kappa shape index (κ2) is 12.7. The number of nitrogens with zero attached hydrogens (tertiary/aromatic N) is 5. The molecule has 2 aliphatic heterocycles. The molecule has 7 nitrogen and oxygen atoms in total. The fourth-order valence-electron chi connectivity index (χ4n) is 5.91. The molecule has 2 aliphatic rings. The summed E-state index contributed by atoms with van der Waals surface area (Å²) in [6, 6.07) is 6.28. The van der Waals surface area contributed by atoms with Gasteiger partial charge in [0.05, 0.1) is 17.0 Å². The molecule has 0 radical (unpaired) electrons. The molecule has 4 heterocycles. The van der Waals surface area contributed by atoms with E-state index < -0.39 is 23.3 Å². The Balaban J connectivity index is 1.44. The summed E-state index contributed by atoms with van der Waals surface area (Å²) in [6.07, 6.45) is 4.38. The fraction of sp³-hybridized carbons (Fsp3) is 0.594. The van der Waals surface area contributed by atoms with Crippen molar-refractivity contribution < 1.29 is 17.9 Å². The summed E-state index contributed by atoms with van der Waals surface area (Å²) in [5.74, 6) is -3.20. The Labute approximate surface area is 246 Å². The number of nitrogens with one attached hydrogen (secondary N) is 1. The van der Waals surface area contributed by atoms with E-state index in [-0.39, 0.29) is 11.6 Å². The quantitative estimate of drug-likeness (QED) is 0.276. The second-order valence-electron chi connectivity index (χ2n) is 12.2. The molecule has 10 heteroatoms. The number of benzene rings is 1. The van der Waals surface area contributed by atoms with Gasteiger partial charge in [-0.2, -0.15) is 9.97 Å². The number of piperidine rings is 1. The second-order valence-corrected chi connectivity index (χ2v) is 12.2. The largest absolute Gasteiger partial charge is 0.462 e. The highest BCUT2D eigenvalue weighted by atomic mass is 19.3. The maximum Gasteiger partial charge on any atom is 0.320 e. The minimum Gasteiger partial charge on any atom is -0.462 e. The number of likely N-dealkylation sites (tertiary alicyclic amines) is 2. The summed E-state index contributed by atoms with van der Waals surface area (Å²) in [7, 11) is 0. The average Bonchev–Trinajstić information content (AvgIpc) is 2.90. The SMILES string of the molecule is Cc1nc2nc(OCCN3CCC3)nc(N[C@H](C)c3cccc(C(C)(F)F)c3F)c2cc1CC1CCN(C(C)C)CC1. The highest BCUT2D eigenvalue weighted by Gasteiger charge is 2.30. The number of aryl methyl sites for hydroxylation is 1. The van der Waals surface area contributed by atoms with Gasteiger partial charge in [-0.3, -0.25) is 4.90 Å². The van der Waals surface area contributed by atoms with Gasteiger partial charge >= 0.3 is 6.01 Å². The van der Waals surface area contributed by atoms with Crippen molar-refractivity contribution in [2.75, 3.05) is 44.6 Å². The Bertz CT molecular complexity index is 1380. The summed E-state index contributed by atoms with van der Waals surface area (Å²) in [5, 5.41) is 3.98. The van der Waals surface area contributed by atoms with Gasteiger partial charge in [0, 0.05) is 30.8 Å². The molecule has 0 amide bonds. The molecule has 2 saturated heterocycles. The summed E-state index contributed by atoms with van der Waals surface area (Å²) < 4.78 is 49.3. The van der Waals surface area contributed by atoms with Gasteiger partial charge in [-0.25, -0.2) is 18.2 Å². The van der Waals surface area contributed by atoms with Crippen molar-refractivity contribution in [3.05, 3.63) is 52.5 Å². The maximum absolute atomic E-state index is 15.3. The normalized spacial score (nSPS) is 17.9. The number of hydrogen-bond donors (Lipinski definition) is 1. The van der Waals surface area contributed by atoms with Crippen LogP contribution in [0.25, 0.3) is 11.0 Å². The van der Waals surface area contributed by atoms with Gasteiger partial charge in [0.15, 0.2) is 5.65 Å². The van der Waals surface area contributed by atoms with E-state index in [0.29, 0.717) is 42.3 Å². The lowest BCUT2D eigenvalue weighted by molar-refractivity contribution is 0.0136. The summed E-state index contributed by atoms with van der Waals surface area (Å²) in [4.78, 5) is 19.0.